The maximum atomic E-state index is 6.57. The van der Waals surface area contributed by atoms with E-state index in [1.54, 1.807) is 0 Å². The molecule has 3 aromatic rings. The van der Waals surface area contributed by atoms with Gasteiger partial charge in [-0.05, 0) is 66.1 Å². The van der Waals surface area contributed by atoms with Gasteiger partial charge in [-0.15, -0.1) is 6.58 Å². The number of rotatable bonds is 11. The van der Waals surface area contributed by atoms with Gasteiger partial charge in [0.1, 0.15) is 0 Å². The minimum atomic E-state index is -2.37. The summed E-state index contributed by atoms with van der Waals surface area (Å²) in [6.45, 7) is 17.8. The lowest BCUT2D eigenvalue weighted by molar-refractivity contribution is 0.286. The Morgan fingerprint density at radius 3 is 1.53 bits per heavy atom. The Balaban J connectivity index is 2.16. The predicted molar refractivity (Wildman–Crippen MR) is 164 cm³/mol. The summed E-state index contributed by atoms with van der Waals surface area (Å²) in [5.41, 5.74) is 0.465. The highest BCUT2D eigenvalue weighted by Crippen LogP contribution is 2.34. The fraction of sp³-hybridized carbons (Fsp3) is 0.333. The predicted octanol–water partition coefficient (Wildman–Crippen LogP) is 7.66. The summed E-state index contributed by atoms with van der Waals surface area (Å²) in [5.74, 6) is 1.14. The minimum absolute atomic E-state index is 0.00101. The van der Waals surface area contributed by atoms with Crippen LogP contribution in [0.3, 0.4) is 0 Å². The van der Waals surface area contributed by atoms with E-state index in [1.165, 1.54) is 15.6 Å². The largest absolute Gasteiger partial charge is 0.547 e. The van der Waals surface area contributed by atoms with Crippen LogP contribution in [0.5, 0.6) is 0 Å². The molecule has 3 rings (SSSR count). The molecular weight excluding hydrogens is 469 g/mol. The standard InChI is InChI=1S/C33H44OSi2/c1-8-19-28(26-18-27-32(33(2,3)4)34-35(5,6)7)36(29-20-12-9-13-21-29,30-22-14-10-15-23-30)31-24-16-11-17-25-31/h8-17,20-25,27-28H,1,18-19,26H2,2-7H3/b32-27+. The van der Waals surface area contributed by atoms with E-state index >= 15 is 0 Å². The van der Waals surface area contributed by atoms with Gasteiger partial charge in [0, 0.05) is 5.41 Å². The molecule has 0 aliphatic rings. The maximum Gasteiger partial charge on any atom is 0.241 e. The normalized spacial score (nSPS) is 13.8. The average molecular weight is 513 g/mol. The topological polar surface area (TPSA) is 9.23 Å². The molecule has 0 spiro atoms. The Bertz CT molecular complexity index is 1010. The summed E-state index contributed by atoms with van der Waals surface area (Å²) in [4.78, 5) is 0. The van der Waals surface area contributed by atoms with E-state index in [-0.39, 0.29) is 5.41 Å². The van der Waals surface area contributed by atoms with Crippen LogP contribution in [0.1, 0.15) is 40.0 Å². The molecule has 3 aromatic carbocycles. The van der Waals surface area contributed by atoms with E-state index in [2.05, 4.69) is 150 Å². The summed E-state index contributed by atoms with van der Waals surface area (Å²) < 4.78 is 6.57. The third kappa shape index (κ3) is 6.77. The molecule has 0 amide bonds. The SMILES string of the molecule is C=CCC(CC/C=C(/O[Si](C)(C)C)C(C)(C)C)[Si](c1ccccc1)(c1ccccc1)c1ccccc1. The summed E-state index contributed by atoms with van der Waals surface area (Å²) in [7, 11) is -4.06. The van der Waals surface area contributed by atoms with E-state index in [0.29, 0.717) is 5.54 Å². The summed E-state index contributed by atoms with van der Waals surface area (Å²) in [5, 5.41) is 4.40. The van der Waals surface area contributed by atoms with Crippen LogP contribution in [-0.4, -0.2) is 16.4 Å². The van der Waals surface area contributed by atoms with Gasteiger partial charge in [0.25, 0.3) is 0 Å². The van der Waals surface area contributed by atoms with E-state index in [1.807, 2.05) is 0 Å². The first-order chi connectivity index (χ1) is 17.1. The van der Waals surface area contributed by atoms with Crippen molar-refractivity contribution in [1.29, 1.82) is 0 Å². The molecule has 1 atom stereocenters. The number of allylic oxidation sites excluding steroid dienone is 3. The van der Waals surface area contributed by atoms with Crippen molar-refractivity contribution in [2.75, 3.05) is 0 Å². The number of hydrogen-bond donors (Lipinski definition) is 0. The highest BCUT2D eigenvalue weighted by Gasteiger charge is 2.45. The van der Waals surface area contributed by atoms with Crippen LogP contribution in [0.2, 0.25) is 25.2 Å². The van der Waals surface area contributed by atoms with Gasteiger partial charge in [0.2, 0.25) is 8.32 Å². The van der Waals surface area contributed by atoms with Gasteiger partial charge in [-0.3, -0.25) is 0 Å². The summed E-state index contributed by atoms with van der Waals surface area (Å²) in [6.07, 6.45) is 7.59. The van der Waals surface area contributed by atoms with Crippen LogP contribution in [0.15, 0.2) is 115 Å². The summed E-state index contributed by atoms with van der Waals surface area (Å²) in [6, 6.07) is 33.7. The zero-order chi connectivity index (χ0) is 26.2. The molecule has 0 fully saturated rings. The smallest absolute Gasteiger partial charge is 0.241 e. The number of benzene rings is 3. The third-order valence-electron chi connectivity index (χ3n) is 6.75. The van der Waals surface area contributed by atoms with Crippen LogP contribution in [0.25, 0.3) is 0 Å². The number of hydrogen-bond acceptors (Lipinski definition) is 1. The second kappa shape index (κ2) is 12.1. The summed E-state index contributed by atoms with van der Waals surface area (Å²) >= 11 is 0. The Labute approximate surface area is 222 Å². The molecular formula is C33H44OSi2. The molecule has 0 bridgehead atoms. The lowest BCUT2D eigenvalue weighted by atomic mass is 9.93. The average Bonchev–Trinajstić information content (AvgIpc) is 2.84. The van der Waals surface area contributed by atoms with Crippen LogP contribution >= 0.6 is 0 Å². The molecule has 36 heavy (non-hydrogen) atoms. The first-order valence-electron chi connectivity index (χ1n) is 13.3. The zero-order valence-electron chi connectivity index (χ0n) is 23.1. The van der Waals surface area contributed by atoms with E-state index < -0.39 is 16.4 Å². The first-order valence-corrected chi connectivity index (χ1v) is 18.7. The Hall–Kier alpha value is -2.63. The van der Waals surface area contributed by atoms with Crippen LogP contribution in [-0.2, 0) is 4.43 Å². The molecule has 0 heterocycles. The van der Waals surface area contributed by atoms with E-state index in [0.717, 1.165) is 25.0 Å². The van der Waals surface area contributed by atoms with Crippen molar-refractivity contribution in [2.45, 2.75) is 65.2 Å². The second-order valence-corrected chi connectivity index (χ2v) is 20.3. The molecule has 0 aromatic heterocycles. The third-order valence-corrected chi connectivity index (χ3v) is 13.1. The van der Waals surface area contributed by atoms with Crippen molar-refractivity contribution >= 4 is 32.0 Å². The van der Waals surface area contributed by atoms with Crippen molar-refractivity contribution in [3.63, 3.8) is 0 Å². The molecule has 0 radical (unpaired) electrons. The second-order valence-electron chi connectivity index (χ2n) is 11.7. The Kier molecular flexibility index (Phi) is 9.37. The van der Waals surface area contributed by atoms with Crippen molar-refractivity contribution < 1.29 is 4.43 Å². The van der Waals surface area contributed by atoms with Crippen molar-refractivity contribution in [3.8, 4) is 0 Å². The quantitative estimate of drug-likeness (QED) is 0.111. The van der Waals surface area contributed by atoms with Gasteiger partial charge in [-0.2, -0.15) is 0 Å². The van der Waals surface area contributed by atoms with Crippen LogP contribution in [0, 0.1) is 5.41 Å². The van der Waals surface area contributed by atoms with Gasteiger partial charge >= 0.3 is 0 Å². The molecule has 1 nitrogen and oxygen atoms in total. The van der Waals surface area contributed by atoms with Gasteiger partial charge in [0.15, 0.2) is 8.07 Å². The molecule has 3 heteroatoms. The Morgan fingerprint density at radius 1 is 0.778 bits per heavy atom. The molecule has 0 N–H and O–H groups in total. The zero-order valence-corrected chi connectivity index (χ0v) is 25.1. The van der Waals surface area contributed by atoms with Gasteiger partial charge < -0.3 is 4.43 Å². The Morgan fingerprint density at radius 2 is 1.19 bits per heavy atom. The fourth-order valence-corrected chi connectivity index (χ4v) is 12.0. The van der Waals surface area contributed by atoms with Crippen molar-refractivity contribution in [2.24, 2.45) is 5.41 Å². The van der Waals surface area contributed by atoms with Gasteiger partial charge in [0.05, 0.1) is 5.76 Å². The highest BCUT2D eigenvalue weighted by atomic mass is 28.4. The van der Waals surface area contributed by atoms with E-state index in [4.69, 9.17) is 4.43 Å². The molecule has 0 saturated carbocycles. The van der Waals surface area contributed by atoms with E-state index in [9.17, 15) is 0 Å². The first kappa shape index (κ1) is 28.0. The minimum Gasteiger partial charge on any atom is -0.547 e. The molecule has 190 valence electrons. The van der Waals surface area contributed by atoms with Gasteiger partial charge in [-0.1, -0.05) is 118 Å². The maximum absolute atomic E-state index is 6.57. The lowest BCUT2D eigenvalue weighted by Crippen LogP contribution is -2.69. The van der Waals surface area contributed by atoms with Gasteiger partial charge in [-0.25, -0.2) is 0 Å². The van der Waals surface area contributed by atoms with Crippen LogP contribution < -0.4 is 15.6 Å². The highest BCUT2D eigenvalue weighted by molar-refractivity contribution is 7.12. The lowest BCUT2D eigenvalue weighted by Gasteiger charge is -2.41. The van der Waals surface area contributed by atoms with Crippen LogP contribution in [0.4, 0.5) is 0 Å². The van der Waals surface area contributed by atoms with Crippen molar-refractivity contribution in [1.82, 2.24) is 0 Å². The molecule has 0 aliphatic heterocycles. The molecule has 0 aliphatic carbocycles. The fourth-order valence-electron chi connectivity index (χ4n) is 5.27. The molecule has 0 saturated heterocycles. The van der Waals surface area contributed by atoms with Crippen molar-refractivity contribution in [3.05, 3.63) is 115 Å². The monoisotopic (exact) mass is 512 g/mol. The molecule has 1 unspecified atom stereocenters.